The lowest BCUT2D eigenvalue weighted by Crippen LogP contribution is -1.99. The zero-order chi connectivity index (χ0) is 9.84. The second-order valence-electron chi connectivity index (χ2n) is 2.08. The number of nitrogens with zero attached hydrogens (tertiary/aromatic N) is 2. The Morgan fingerprint density at radius 2 is 2.46 bits per heavy atom. The minimum Gasteiger partial charge on any atom is -0.411 e. The number of hydrogen-bond donors (Lipinski definition) is 1. The van der Waals surface area contributed by atoms with E-state index < -0.39 is 4.92 Å². The second-order valence-corrected chi connectivity index (χ2v) is 2.64. The van der Waals surface area contributed by atoms with Gasteiger partial charge in [0.05, 0.1) is 11.4 Å². The topological polar surface area (TPSA) is 88.9 Å². The molecule has 0 saturated heterocycles. The van der Waals surface area contributed by atoms with Gasteiger partial charge in [-0.15, -0.1) is 0 Å². The lowest BCUT2D eigenvalue weighted by Gasteiger charge is -1.91. The molecular formula is C6H5BrN2O4. The molecule has 0 atom stereocenters. The molecule has 0 radical (unpaired) electrons. The summed E-state index contributed by atoms with van der Waals surface area (Å²) in [5.74, 6) is -0.205. The Labute approximate surface area is 81.1 Å². The van der Waals surface area contributed by atoms with Crippen LogP contribution in [0, 0.1) is 10.1 Å². The minimum absolute atomic E-state index is 0.172. The van der Waals surface area contributed by atoms with Crippen LogP contribution in [0.25, 0.3) is 0 Å². The maximum Gasteiger partial charge on any atom is 0.433 e. The van der Waals surface area contributed by atoms with Crippen LogP contribution in [-0.2, 0) is 0 Å². The van der Waals surface area contributed by atoms with Gasteiger partial charge in [-0.3, -0.25) is 10.1 Å². The minimum atomic E-state index is -0.660. The van der Waals surface area contributed by atoms with Crippen molar-refractivity contribution in [2.75, 3.05) is 5.33 Å². The number of nitro groups is 1. The highest BCUT2D eigenvalue weighted by Gasteiger charge is 2.15. The Morgan fingerprint density at radius 3 is 2.85 bits per heavy atom. The lowest BCUT2D eigenvalue weighted by molar-refractivity contribution is -0.402. The fourth-order valence-corrected chi connectivity index (χ4v) is 1.11. The van der Waals surface area contributed by atoms with E-state index in [0.717, 1.165) is 0 Å². The molecule has 1 N–H and O–H groups in total. The molecule has 1 aromatic heterocycles. The maximum atomic E-state index is 10.2. The van der Waals surface area contributed by atoms with Crippen molar-refractivity contribution in [1.29, 1.82) is 0 Å². The molecule has 0 unspecified atom stereocenters. The lowest BCUT2D eigenvalue weighted by atomic mass is 10.3. The third-order valence-electron chi connectivity index (χ3n) is 1.30. The van der Waals surface area contributed by atoms with E-state index in [9.17, 15) is 10.1 Å². The van der Waals surface area contributed by atoms with Crippen molar-refractivity contribution >= 4 is 27.5 Å². The van der Waals surface area contributed by atoms with E-state index in [1.807, 2.05) is 0 Å². The molecule has 0 aliphatic carbocycles. The van der Waals surface area contributed by atoms with Crippen molar-refractivity contribution in [3.63, 3.8) is 0 Å². The third-order valence-corrected chi connectivity index (χ3v) is 1.83. The molecule has 6 nitrogen and oxygen atoms in total. The van der Waals surface area contributed by atoms with E-state index in [1.165, 1.54) is 12.1 Å². The Bertz CT molecular complexity index is 346. The van der Waals surface area contributed by atoms with Crippen LogP contribution >= 0.6 is 15.9 Å². The number of halogens is 1. The predicted octanol–water partition coefficient (Wildman–Crippen LogP) is 1.76. The molecule has 70 valence electrons. The summed E-state index contributed by atoms with van der Waals surface area (Å²) in [4.78, 5) is 9.55. The SMILES string of the molecule is O=[N+]([O-])c1ccc(/C(CBr)=N/O)o1. The highest BCUT2D eigenvalue weighted by atomic mass is 79.9. The third kappa shape index (κ3) is 2.05. The first-order valence-corrected chi connectivity index (χ1v) is 4.32. The maximum absolute atomic E-state index is 10.2. The van der Waals surface area contributed by atoms with Gasteiger partial charge < -0.3 is 9.62 Å². The molecule has 0 aromatic carbocycles. The summed E-state index contributed by atoms with van der Waals surface area (Å²) in [6.45, 7) is 0. The van der Waals surface area contributed by atoms with Gasteiger partial charge in [0.15, 0.2) is 5.76 Å². The zero-order valence-electron chi connectivity index (χ0n) is 6.31. The van der Waals surface area contributed by atoms with E-state index >= 15 is 0 Å². The fraction of sp³-hybridized carbons (Fsp3) is 0.167. The smallest absolute Gasteiger partial charge is 0.411 e. The summed E-state index contributed by atoms with van der Waals surface area (Å²) < 4.78 is 4.77. The largest absolute Gasteiger partial charge is 0.433 e. The molecule has 0 bridgehead atoms. The van der Waals surface area contributed by atoms with Gasteiger partial charge in [-0.2, -0.15) is 0 Å². The molecule has 7 heteroatoms. The first-order valence-electron chi connectivity index (χ1n) is 3.20. The molecule has 0 aliphatic rings. The van der Waals surface area contributed by atoms with E-state index in [-0.39, 0.29) is 22.7 Å². The molecule has 1 rings (SSSR count). The number of oxime groups is 1. The van der Waals surface area contributed by atoms with E-state index in [4.69, 9.17) is 9.62 Å². The summed E-state index contributed by atoms with van der Waals surface area (Å²) >= 11 is 3.04. The summed E-state index contributed by atoms with van der Waals surface area (Å²) in [6.07, 6.45) is 0. The van der Waals surface area contributed by atoms with Gasteiger partial charge in [-0.25, -0.2) is 0 Å². The number of hydrogen-bond acceptors (Lipinski definition) is 5. The molecule has 0 amide bonds. The quantitative estimate of drug-likeness (QED) is 0.290. The summed E-state index contributed by atoms with van der Waals surface area (Å²) in [5.41, 5.74) is 0.202. The Hall–Kier alpha value is -1.37. The van der Waals surface area contributed by atoms with Crippen molar-refractivity contribution in [2.24, 2.45) is 5.16 Å². The van der Waals surface area contributed by atoms with Gasteiger partial charge in [0.25, 0.3) is 0 Å². The molecule has 0 fully saturated rings. The van der Waals surface area contributed by atoms with Crippen LogP contribution in [0.3, 0.4) is 0 Å². The average molecular weight is 249 g/mol. The molecule has 0 saturated carbocycles. The molecule has 1 aromatic rings. The Kier molecular flexibility index (Phi) is 3.02. The normalized spacial score (nSPS) is 11.6. The predicted molar refractivity (Wildman–Crippen MR) is 47.5 cm³/mol. The van der Waals surface area contributed by atoms with Crippen LogP contribution in [0.4, 0.5) is 5.88 Å². The van der Waals surface area contributed by atoms with E-state index in [1.54, 1.807) is 0 Å². The van der Waals surface area contributed by atoms with Crippen LogP contribution in [-0.4, -0.2) is 21.2 Å². The monoisotopic (exact) mass is 248 g/mol. The van der Waals surface area contributed by atoms with Crippen LogP contribution in [0.15, 0.2) is 21.7 Å². The first kappa shape index (κ1) is 9.72. The van der Waals surface area contributed by atoms with Gasteiger partial charge in [0.2, 0.25) is 0 Å². The molecule has 0 aliphatic heterocycles. The van der Waals surface area contributed by atoms with Gasteiger partial charge in [0, 0.05) is 0 Å². The van der Waals surface area contributed by atoms with E-state index in [2.05, 4.69) is 21.1 Å². The first-order chi connectivity index (χ1) is 6.19. The van der Waals surface area contributed by atoms with Crippen molar-refractivity contribution < 1.29 is 14.5 Å². The van der Waals surface area contributed by atoms with E-state index in [0.29, 0.717) is 0 Å². The van der Waals surface area contributed by atoms with Gasteiger partial charge in [-0.1, -0.05) is 21.1 Å². The van der Waals surface area contributed by atoms with Crippen molar-refractivity contribution in [1.82, 2.24) is 0 Å². The molecule has 13 heavy (non-hydrogen) atoms. The fourth-order valence-electron chi connectivity index (χ4n) is 0.723. The standard InChI is InChI=1S/C6H5BrN2O4/c7-3-4(8-10)5-1-2-6(13-5)9(11)12/h1-2,10H,3H2/b8-4+. The van der Waals surface area contributed by atoms with Crippen LogP contribution in [0.5, 0.6) is 0 Å². The number of rotatable bonds is 3. The van der Waals surface area contributed by atoms with Gasteiger partial charge >= 0.3 is 5.88 Å². The van der Waals surface area contributed by atoms with Crippen LogP contribution < -0.4 is 0 Å². The molecule has 1 heterocycles. The van der Waals surface area contributed by atoms with Crippen LogP contribution in [0.1, 0.15) is 5.76 Å². The second kappa shape index (κ2) is 4.04. The summed E-state index contributed by atoms with van der Waals surface area (Å²) in [6, 6.07) is 2.57. The van der Waals surface area contributed by atoms with Crippen molar-refractivity contribution in [2.45, 2.75) is 0 Å². The highest BCUT2D eigenvalue weighted by Crippen LogP contribution is 2.16. The highest BCUT2D eigenvalue weighted by molar-refractivity contribution is 9.09. The molecule has 0 spiro atoms. The van der Waals surface area contributed by atoms with Crippen LogP contribution in [0.2, 0.25) is 0 Å². The summed E-state index contributed by atoms with van der Waals surface area (Å²) in [5, 5.41) is 21.8. The number of alkyl halides is 1. The number of furan rings is 1. The summed E-state index contributed by atoms with van der Waals surface area (Å²) in [7, 11) is 0. The Morgan fingerprint density at radius 1 is 1.77 bits per heavy atom. The van der Waals surface area contributed by atoms with Gasteiger partial charge in [0.1, 0.15) is 10.6 Å². The van der Waals surface area contributed by atoms with Gasteiger partial charge in [-0.05, 0) is 6.07 Å². The zero-order valence-corrected chi connectivity index (χ0v) is 7.89. The Balaban J connectivity index is 2.97. The van der Waals surface area contributed by atoms with Crippen molar-refractivity contribution in [3.05, 3.63) is 28.0 Å². The van der Waals surface area contributed by atoms with Crippen molar-refractivity contribution in [3.8, 4) is 0 Å². The average Bonchev–Trinajstić information content (AvgIpc) is 2.56. The molecular weight excluding hydrogens is 244 g/mol.